The van der Waals surface area contributed by atoms with Gasteiger partial charge in [0.2, 0.25) is 0 Å². The molecule has 1 fully saturated rings. The van der Waals surface area contributed by atoms with E-state index in [1.807, 2.05) is 43.3 Å². The highest BCUT2D eigenvalue weighted by molar-refractivity contribution is 7.13. The molecule has 1 aromatic heterocycles. The lowest BCUT2D eigenvalue weighted by molar-refractivity contribution is -0.140. The molecule has 1 aliphatic rings. The summed E-state index contributed by atoms with van der Waals surface area (Å²) < 4.78 is 37.6. The van der Waals surface area contributed by atoms with Crippen molar-refractivity contribution in [3.8, 4) is 0 Å². The van der Waals surface area contributed by atoms with Crippen molar-refractivity contribution in [2.24, 2.45) is 0 Å². The van der Waals surface area contributed by atoms with Crippen LogP contribution in [0.25, 0.3) is 0 Å². The average Bonchev–Trinajstić information content (AvgIpc) is 3.09. The highest BCUT2D eigenvalue weighted by Crippen LogP contribution is 2.35. The number of β-amino-alcohol motifs (C(OH)–C–C–N with tert-alkyl or cyclic N) is 1. The number of halogens is 3. The topological polar surface area (TPSA) is 52.6 Å². The van der Waals surface area contributed by atoms with Crippen LogP contribution in [0.4, 0.5) is 13.2 Å². The van der Waals surface area contributed by atoms with E-state index in [1.54, 1.807) is 11.0 Å². The van der Waals surface area contributed by atoms with E-state index in [2.05, 4.69) is 5.32 Å². The van der Waals surface area contributed by atoms with Crippen molar-refractivity contribution in [2.75, 3.05) is 19.6 Å². The molecule has 2 N–H and O–H groups in total. The summed E-state index contributed by atoms with van der Waals surface area (Å²) in [5.74, 6) is -0.287. The first-order valence-electron chi connectivity index (χ1n) is 9.11. The van der Waals surface area contributed by atoms with Gasteiger partial charge in [-0.1, -0.05) is 30.3 Å². The van der Waals surface area contributed by atoms with Gasteiger partial charge in [0.15, 0.2) is 0 Å². The lowest BCUT2D eigenvalue weighted by atomic mass is 9.78. The molecule has 0 unspecified atom stereocenters. The van der Waals surface area contributed by atoms with Gasteiger partial charge in [-0.2, -0.15) is 13.2 Å². The minimum absolute atomic E-state index is 0.0642. The van der Waals surface area contributed by atoms with E-state index in [-0.39, 0.29) is 19.0 Å². The van der Waals surface area contributed by atoms with Gasteiger partial charge in [-0.3, -0.25) is 4.79 Å². The number of hydrogen-bond donors (Lipinski definition) is 2. The van der Waals surface area contributed by atoms with Crippen molar-refractivity contribution in [3.63, 3.8) is 0 Å². The number of benzene rings is 1. The van der Waals surface area contributed by atoms with Gasteiger partial charge in [0.1, 0.15) is 0 Å². The second kappa shape index (κ2) is 8.23. The minimum Gasteiger partial charge on any atom is -0.389 e. The predicted octanol–water partition coefficient (Wildman–Crippen LogP) is 3.70. The maximum Gasteiger partial charge on any atom is 0.390 e. The quantitative estimate of drug-likeness (QED) is 0.788. The summed E-state index contributed by atoms with van der Waals surface area (Å²) in [6.07, 6.45) is -5.85. The third kappa shape index (κ3) is 4.74. The number of piperidine rings is 1. The van der Waals surface area contributed by atoms with E-state index in [4.69, 9.17) is 0 Å². The zero-order chi connectivity index (χ0) is 20.4. The van der Waals surface area contributed by atoms with Crippen LogP contribution in [0.5, 0.6) is 0 Å². The van der Waals surface area contributed by atoms with Crippen LogP contribution in [0.15, 0.2) is 42.5 Å². The van der Waals surface area contributed by atoms with Gasteiger partial charge in [0.25, 0.3) is 5.91 Å². The minimum atomic E-state index is -4.23. The van der Waals surface area contributed by atoms with Crippen molar-refractivity contribution >= 4 is 17.2 Å². The summed E-state index contributed by atoms with van der Waals surface area (Å²) in [5.41, 5.74) is -0.287. The molecule has 0 radical (unpaired) electrons. The molecule has 2 heterocycles. The number of likely N-dealkylation sites (tertiary alicyclic amines) is 1. The maximum atomic E-state index is 12.8. The third-order valence-electron chi connectivity index (χ3n) is 5.12. The number of hydrogen-bond acceptors (Lipinski definition) is 4. The molecular formula is C20H23F3N2O2S. The molecule has 8 heteroatoms. The van der Waals surface area contributed by atoms with Gasteiger partial charge in [-0.05, 0) is 31.0 Å². The number of aliphatic hydroxyl groups is 1. The van der Waals surface area contributed by atoms with Crippen LogP contribution in [0.2, 0.25) is 0 Å². The molecule has 3 rings (SSSR count). The van der Waals surface area contributed by atoms with Crippen LogP contribution in [0.3, 0.4) is 0 Å². The number of nitrogens with one attached hydrogen (secondary N) is 1. The average molecular weight is 412 g/mol. The third-order valence-corrected chi connectivity index (χ3v) is 6.12. The number of rotatable bonds is 5. The molecule has 2 atom stereocenters. The standard InChI is InChI=1S/C20H23F3N2O2S/c1-14-7-8-16(28-14)18(27)24-19(15-5-3-2-4-6-15)9-11-25(13-17(19)26)12-10-20(21,22)23/h2-8,17,26H,9-13H2,1H3,(H,24,27)/t17-,19-/m1/s1. The Morgan fingerprint density at radius 1 is 1.29 bits per heavy atom. The van der Waals surface area contributed by atoms with Crippen LogP contribution in [-0.4, -0.2) is 47.8 Å². The normalized spacial score (nSPS) is 23.5. The Hall–Kier alpha value is -1.90. The summed E-state index contributed by atoms with van der Waals surface area (Å²) in [4.78, 5) is 16.0. The molecule has 152 valence electrons. The lowest BCUT2D eigenvalue weighted by Crippen LogP contribution is -2.62. The fraction of sp³-hybridized carbons (Fsp3) is 0.450. The summed E-state index contributed by atoms with van der Waals surface area (Å²) in [6.45, 7) is 2.16. The summed E-state index contributed by atoms with van der Waals surface area (Å²) in [6, 6.07) is 12.7. The number of thiophene rings is 1. The predicted molar refractivity (Wildman–Crippen MR) is 102 cm³/mol. The first-order chi connectivity index (χ1) is 13.2. The molecule has 1 amide bonds. The molecule has 28 heavy (non-hydrogen) atoms. The van der Waals surface area contributed by atoms with Gasteiger partial charge in [-0.25, -0.2) is 0 Å². The molecule has 0 aliphatic carbocycles. The van der Waals surface area contributed by atoms with Crippen LogP contribution in [-0.2, 0) is 5.54 Å². The second-order valence-corrected chi connectivity index (χ2v) is 8.42. The summed E-state index contributed by atoms with van der Waals surface area (Å²) in [5, 5.41) is 13.9. The van der Waals surface area contributed by atoms with Gasteiger partial charge in [0, 0.05) is 24.5 Å². The highest BCUT2D eigenvalue weighted by atomic mass is 32.1. The number of nitrogens with zero attached hydrogens (tertiary/aromatic N) is 1. The van der Waals surface area contributed by atoms with Gasteiger partial charge in [0.05, 0.1) is 22.9 Å². The Morgan fingerprint density at radius 2 is 2.00 bits per heavy atom. The van der Waals surface area contributed by atoms with E-state index in [0.29, 0.717) is 17.8 Å². The summed E-state index contributed by atoms with van der Waals surface area (Å²) >= 11 is 1.36. The van der Waals surface area contributed by atoms with Crippen molar-refractivity contribution in [1.82, 2.24) is 10.2 Å². The first-order valence-corrected chi connectivity index (χ1v) is 9.93. The fourth-order valence-corrected chi connectivity index (χ4v) is 4.35. The lowest BCUT2D eigenvalue weighted by Gasteiger charge is -2.46. The van der Waals surface area contributed by atoms with E-state index < -0.39 is 24.2 Å². The van der Waals surface area contributed by atoms with E-state index >= 15 is 0 Å². The number of carbonyl (C=O) groups is 1. The van der Waals surface area contributed by atoms with Crippen molar-refractivity contribution in [2.45, 2.75) is 37.6 Å². The molecule has 0 saturated carbocycles. The number of alkyl halides is 3. The Morgan fingerprint density at radius 3 is 2.57 bits per heavy atom. The van der Waals surface area contributed by atoms with Crippen LogP contribution in [0, 0.1) is 6.92 Å². The Labute approximate surface area is 166 Å². The van der Waals surface area contributed by atoms with Crippen molar-refractivity contribution in [1.29, 1.82) is 0 Å². The largest absolute Gasteiger partial charge is 0.390 e. The van der Waals surface area contributed by atoms with Crippen molar-refractivity contribution < 1.29 is 23.1 Å². The Balaban J connectivity index is 1.81. The maximum absolute atomic E-state index is 12.8. The number of aryl methyl sites for hydroxylation is 1. The number of aliphatic hydroxyl groups excluding tert-OH is 1. The first kappa shape index (κ1) is 20.8. The molecule has 0 bridgehead atoms. The molecule has 0 spiro atoms. The molecule has 1 aromatic carbocycles. The fourth-order valence-electron chi connectivity index (χ4n) is 3.59. The van der Waals surface area contributed by atoms with Crippen LogP contribution >= 0.6 is 11.3 Å². The number of carbonyl (C=O) groups excluding carboxylic acids is 1. The Kier molecular flexibility index (Phi) is 6.12. The van der Waals surface area contributed by atoms with Gasteiger partial charge < -0.3 is 15.3 Å². The van der Waals surface area contributed by atoms with E-state index in [0.717, 1.165) is 10.4 Å². The zero-order valence-corrected chi connectivity index (χ0v) is 16.3. The molecule has 1 saturated heterocycles. The molecule has 1 aliphatic heterocycles. The van der Waals surface area contributed by atoms with Crippen molar-refractivity contribution in [3.05, 3.63) is 57.8 Å². The molecule has 2 aromatic rings. The number of amides is 1. The van der Waals surface area contributed by atoms with Gasteiger partial charge in [-0.15, -0.1) is 11.3 Å². The zero-order valence-electron chi connectivity index (χ0n) is 15.5. The smallest absolute Gasteiger partial charge is 0.389 e. The summed E-state index contributed by atoms with van der Waals surface area (Å²) in [7, 11) is 0. The van der Waals surface area contributed by atoms with E-state index in [9.17, 15) is 23.1 Å². The second-order valence-electron chi connectivity index (χ2n) is 7.13. The highest BCUT2D eigenvalue weighted by Gasteiger charge is 2.45. The van der Waals surface area contributed by atoms with Gasteiger partial charge >= 0.3 is 6.18 Å². The van der Waals surface area contributed by atoms with Crippen LogP contribution < -0.4 is 5.32 Å². The molecular weight excluding hydrogens is 389 g/mol. The Bertz CT molecular complexity index is 809. The monoisotopic (exact) mass is 412 g/mol. The van der Waals surface area contributed by atoms with E-state index in [1.165, 1.54) is 11.3 Å². The SMILES string of the molecule is Cc1ccc(C(=O)N[C@@]2(c3ccccc3)CCN(CCC(F)(F)F)C[C@H]2O)s1. The van der Waals surface area contributed by atoms with Crippen LogP contribution in [0.1, 0.15) is 33.0 Å². The molecule has 4 nitrogen and oxygen atoms in total.